The molecule has 1 rings (SSSR count). The molecule has 1 N–H and O–H groups in total. The van der Waals surface area contributed by atoms with E-state index >= 15 is 0 Å². The third-order valence-electron chi connectivity index (χ3n) is 4.23. The quantitative estimate of drug-likeness (QED) is 0.631. The fraction of sp³-hybridized carbons (Fsp3) is 1.00. The molecule has 0 spiro atoms. The van der Waals surface area contributed by atoms with Crippen molar-refractivity contribution in [3.05, 3.63) is 0 Å². The maximum absolute atomic E-state index is 12.0. The van der Waals surface area contributed by atoms with E-state index in [1.54, 1.807) is 0 Å². The number of hydrogen-bond acceptors (Lipinski definition) is 2. The third kappa shape index (κ3) is 8.67. The van der Waals surface area contributed by atoms with Crippen LogP contribution >= 0.6 is 0 Å². The fourth-order valence-electron chi connectivity index (χ4n) is 3.18. The monoisotopic (exact) mass is 309 g/mol. The van der Waals surface area contributed by atoms with Crippen LogP contribution in [0.4, 0.5) is 13.2 Å². The lowest BCUT2D eigenvalue weighted by Gasteiger charge is -2.38. The van der Waals surface area contributed by atoms with Gasteiger partial charge in [-0.25, -0.2) is 0 Å². The van der Waals surface area contributed by atoms with Crippen molar-refractivity contribution >= 4 is 0 Å². The van der Waals surface area contributed by atoms with E-state index in [1.807, 2.05) is 0 Å². The van der Waals surface area contributed by atoms with Crippen LogP contribution in [0.3, 0.4) is 0 Å². The normalized spacial score (nSPS) is 19.1. The van der Waals surface area contributed by atoms with Gasteiger partial charge >= 0.3 is 6.18 Å². The van der Waals surface area contributed by atoms with Crippen molar-refractivity contribution in [3.63, 3.8) is 0 Å². The summed E-state index contributed by atoms with van der Waals surface area (Å²) in [6.07, 6.45) is 3.64. The molecule has 0 heterocycles. The lowest BCUT2D eigenvalue weighted by atomic mass is 9.71. The molecule has 0 aromatic rings. The van der Waals surface area contributed by atoms with Crippen LogP contribution in [0.2, 0.25) is 0 Å². The average Bonchev–Trinajstić information content (AvgIpc) is 2.37. The number of halogens is 3. The van der Waals surface area contributed by atoms with Crippen LogP contribution in [0.1, 0.15) is 58.8 Å². The molecule has 126 valence electrons. The second-order valence-electron chi connectivity index (χ2n) is 6.86. The van der Waals surface area contributed by atoms with Crippen LogP contribution < -0.4 is 5.32 Å². The van der Waals surface area contributed by atoms with Crippen LogP contribution in [0, 0.1) is 11.3 Å². The molecule has 2 nitrogen and oxygen atoms in total. The molecule has 1 aliphatic rings. The predicted molar refractivity (Wildman–Crippen MR) is 79.3 cm³/mol. The summed E-state index contributed by atoms with van der Waals surface area (Å²) in [6, 6.07) is 0. The summed E-state index contributed by atoms with van der Waals surface area (Å²) < 4.78 is 40.8. The maximum Gasteiger partial charge on any atom is 0.411 e. The minimum Gasteiger partial charge on any atom is -0.372 e. The number of hydrogen-bond donors (Lipinski definition) is 1. The van der Waals surface area contributed by atoms with Gasteiger partial charge < -0.3 is 10.1 Å². The molecule has 0 radical (unpaired) electrons. The van der Waals surface area contributed by atoms with Crippen LogP contribution in [-0.4, -0.2) is 32.5 Å². The SMILES string of the molecule is CC(C)CNCC1(CCCOCC(F)(F)F)CCCCC1. The highest BCUT2D eigenvalue weighted by molar-refractivity contribution is 4.85. The largest absolute Gasteiger partial charge is 0.411 e. The first-order valence-electron chi connectivity index (χ1n) is 8.18. The van der Waals surface area contributed by atoms with Gasteiger partial charge in [-0.1, -0.05) is 33.1 Å². The Hall–Kier alpha value is -0.290. The molecule has 0 aromatic heterocycles. The topological polar surface area (TPSA) is 21.3 Å². The van der Waals surface area contributed by atoms with E-state index < -0.39 is 12.8 Å². The Morgan fingerprint density at radius 3 is 2.38 bits per heavy atom. The van der Waals surface area contributed by atoms with Crippen molar-refractivity contribution in [1.29, 1.82) is 0 Å². The van der Waals surface area contributed by atoms with Gasteiger partial charge in [0.2, 0.25) is 0 Å². The van der Waals surface area contributed by atoms with Gasteiger partial charge in [0.15, 0.2) is 0 Å². The summed E-state index contributed by atoms with van der Waals surface area (Å²) in [5.41, 5.74) is 0.273. The van der Waals surface area contributed by atoms with E-state index in [1.165, 1.54) is 32.1 Å². The van der Waals surface area contributed by atoms with Gasteiger partial charge in [-0.3, -0.25) is 0 Å². The second-order valence-corrected chi connectivity index (χ2v) is 6.86. The summed E-state index contributed by atoms with van der Waals surface area (Å²) in [7, 11) is 0. The molecule has 5 heteroatoms. The van der Waals surface area contributed by atoms with Crippen LogP contribution in [-0.2, 0) is 4.74 Å². The summed E-state index contributed by atoms with van der Waals surface area (Å²) in [5.74, 6) is 0.626. The van der Waals surface area contributed by atoms with E-state index in [-0.39, 0.29) is 12.0 Å². The van der Waals surface area contributed by atoms with Gasteiger partial charge in [-0.15, -0.1) is 0 Å². The van der Waals surface area contributed by atoms with Crippen LogP contribution in [0.5, 0.6) is 0 Å². The van der Waals surface area contributed by atoms with Crippen molar-refractivity contribution in [2.24, 2.45) is 11.3 Å². The fourth-order valence-corrected chi connectivity index (χ4v) is 3.18. The standard InChI is InChI=1S/C16H30F3NO/c1-14(2)11-20-12-15(7-4-3-5-8-15)9-6-10-21-13-16(17,18)19/h14,20H,3-13H2,1-2H3. The van der Waals surface area contributed by atoms with Gasteiger partial charge in [0.05, 0.1) is 0 Å². The summed E-state index contributed by atoms with van der Waals surface area (Å²) >= 11 is 0. The molecule has 0 amide bonds. The summed E-state index contributed by atoms with van der Waals surface area (Å²) in [6.45, 7) is 5.46. The molecular weight excluding hydrogens is 279 g/mol. The maximum atomic E-state index is 12.0. The molecule has 0 unspecified atom stereocenters. The lowest BCUT2D eigenvalue weighted by Crippen LogP contribution is -2.37. The van der Waals surface area contributed by atoms with Crippen molar-refractivity contribution in [3.8, 4) is 0 Å². The summed E-state index contributed by atoms with van der Waals surface area (Å²) in [4.78, 5) is 0. The minimum atomic E-state index is -4.21. The Bertz CT molecular complexity index is 273. The zero-order valence-electron chi connectivity index (χ0n) is 13.4. The first kappa shape index (κ1) is 18.8. The molecule has 1 aliphatic carbocycles. The Morgan fingerprint density at radius 2 is 1.81 bits per heavy atom. The van der Waals surface area contributed by atoms with E-state index in [4.69, 9.17) is 4.74 Å². The van der Waals surface area contributed by atoms with Crippen molar-refractivity contribution < 1.29 is 17.9 Å². The summed E-state index contributed by atoms with van der Waals surface area (Å²) in [5, 5.41) is 3.54. The Balaban J connectivity index is 2.29. The van der Waals surface area contributed by atoms with Crippen molar-refractivity contribution in [1.82, 2.24) is 5.32 Å². The lowest BCUT2D eigenvalue weighted by molar-refractivity contribution is -0.174. The van der Waals surface area contributed by atoms with E-state index in [2.05, 4.69) is 19.2 Å². The zero-order valence-corrected chi connectivity index (χ0v) is 13.4. The third-order valence-corrected chi connectivity index (χ3v) is 4.23. The molecule has 0 aromatic carbocycles. The molecular formula is C16H30F3NO. The van der Waals surface area contributed by atoms with Crippen molar-refractivity contribution in [2.75, 3.05) is 26.3 Å². The van der Waals surface area contributed by atoms with Crippen LogP contribution in [0.15, 0.2) is 0 Å². The average molecular weight is 309 g/mol. The first-order valence-corrected chi connectivity index (χ1v) is 8.18. The Morgan fingerprint density at radius 1 is 1.14 bits per heavy atom. The van der Waals surface area contributed by atoms with Gasteiger partial charge in [-0.2, -0.15) is 13.2 Å². The van der Waals surface area contributed by atoms with Crippen LogP contribution in [0.25, 0.3) is 0 Å². The first-order chi connectivity index (χ1) is 9.83. The van der Waals surface area contributed by atoms with Gasteiger partial charge in [0, 0.05) is 13.2 Å². The number of alkyl halides is 3. The van der Waals surface area contributed by atoms with E-state index in [0.29, 0.717) is 5.92 Å². The number of nitrogens with one attached hydrogen (secondary N) is 1. The van der Waals surface area contributed by atoms with Gasteiger partial charge in [0.25, 0.3) is 0 Å². The van der Waals surface area contributed by atoms with Gasteiger partial charge in [-0.05, 0) is 43.6 Å². The smallest absolute Gasteiger partial charge is 0.372 e. The van der Waals surface area contributed by atoms with Gasteiger partial charge in [0.1, 0.15) is 6.61 Å². The van der Waals surface area contributed by atoms with E-state index in [0.717, 1.165) is 25.9 Å². The highest BCUT2D eigenvalue weighted by Crippen LogP contribution is 2.39. The minimum absolute atomic E-state index is 0.214. The Kier molecular flexibility index (Phi) is 8.03. The molecule has 1 fully saturated rings. The molecule has 21 heavy (non-hydrogen) atoms. The van der Waals surface area contributed by atoms with E-state index in [9.17, 15) is 13.2 Å². The molecule has 0 bridgehead atoms. The number of ether oxygens (including phenoxy) is 1. The number of rotatable bonds is 9. The molecule has 1 saturated carbocycles. The highest BCUT2D eigenvalue weighted by atomic mass is 19.4. The molecule has 0 saturated heterocycles. The predicted octanol–water partition coefficient (Wildman–Crippen LogP) is 4.54. The second kappa shape index (κ2) is 8.99. The van der Waals surface area contributed by atoms with Crippen molar-refractivity contribution in [2.45, 2.75) is 65.0 Å². The molecule has 0 aliphatic heterocycles. The Labute approximate surface area is 126 Å². The zero-order chi connectivity index (χ0) is 15.8. The molecule has 0 atom stereocenters. The highest BCUT2D eigenvalue weighted by Gasteiger charge is 2.31.